The van der Waals surface area contributed by atoms with Gasteiger partial charge in [0.1, 0.15) is 17.6 Å². The first-order valence-electron chi connectivity index (χ1n) is 6.22. The van der Waals surface area contributed by atoms with Gasteiger partial charge in [-0.25, -0.2) is 4.98 Å². The van der Waals surface area contributed by atoms with Gasteiger partial charge < -0.3 is 10.4 Å². The van der Waals surface area contributed by atoms with Gasteiger partial charge in [-0.05, 0) is 12.5 Å². The van der Waals surface area contributed by atoms with Gasteiger partial charge in [-0.2, -0.15) is 0 Å². The molecule has 2 rings (SSSR count). The number of nitrogens with zero attached hydrogens (tertiary/aromatic N) is 2. The summed E-state index contributed by atoms with van der Waals surface area (Å²) in [6, 6.07) is 10.4. The predicted octanol–water partition coefficient (Wildman–Crippen LogP) is 2.96. The summed E-state index contributed by atoms with van der Waals surface area (Å²) in [6.07, 6.45) is 1.12. The summed E-state index contributed by atoms with van der Waals surface area (Å²) in [7, 11) is 0. The summed E-state index contributed by atoms with van der Waals surface area (Å²) in [5, 5.41) is 24.1. The Labute approximate surface area is 126 Å². The van der Waals surface area contributed by atoms with Gasteiger partial charge in [-0.15, -0.1) is 0 Å². The van der Waals surface area contributed by atoms with Crippen LogP contribution in [0.5, 0.6) is 0 Å². The Bertz CT molecular complexity index is 647. The lowest BCUT2D eigenvalue weighted by Gasteiger charge is -2.24. The van der Waals surface area contributed by atoms with Crippen LogP contribution in [0.3, 0.4) is 0 Å². The third-order valence-corrected chi connectivity index (χ3v) is 3.32. The Balaban J connectivity index is 2.11. The molecule has 0 bridgehead atoms. The monoisotopic (exact) mass is 307 g/mol. The van der Waals surface area contributed by atoms with Crippen LogP contribution in [0.2, 0.25) is 5.02 Å². The lowest BCUT2D eigenvalue weighted by Crippen LogP contribution is -2.31. The van der Waals surface area contributed by atoms with Crippen LogP contribution in [0.15, 0.2) is 42.6 Å². The molecule has 0 saturated heterocycles. The molecular formula is C14H14ClN3O3. The normalized spacial score (nSPS) is 13.5. The molecule has 2 N–H and O–H groups in total. The highest BCUT2D eigenvalue weighted by Crippen LogP contribution is 2.26. The predicted molar refractivity (Wildman–Crippen MR) is 80.4 cm³/mol. The number of pyridine rings is 1. The smallest absolute Gasteiger partial charge is 0.289 e. The third kappa shape index (κ3) is 3.68. The van der Waals surface area contributed by atoms with Crippen LogP contribution in [0.1, 0.15) is 12.5 Å². The van der Waals surface area contributed by atoms with Crippen LogP contribution in [-0.4, -0.2) is 21.6 Å². The van der Waals surface area contributed by atoms with E-state index in [2.05, 4.69) is 10.3 Å². The van der Waals surface area contributed by atoms with Crippen molar-refractivity contribution in [1.29, 1.82) is 0 Å². The molecular weight excluding hydrogens is 294 g/mol. The molecule has 0 amide bonds. The molecule has 1 aromatic heterocycles. The first kappa shape index (κ1) is 15.2. The Morgan fingerprint density at radius 3 is 2.67 bits per heavy atom. The number of rotatable bonds is 5. The van der Waals surface area contributed by atoms with Crippen molar-refractivity contribution in [2.45, 2.75) is 12.5 Å². The van der Waals surface area contributed by atoms with Crippen molar-refractivity contribution in [2.24, 2.45) is 0 Å². The van der Waals surface area contributed by atoms with Crippen molar-refractivity contribution >= 4 is 23.1 Å². The van der Waals surface area contributed by atoms with E-state index in [9.17, 15) is 15.2 Å². The Hall–Kier alpha value is -2.18. The van der Waals surface area contributed by atoms with E-state index in [1.807, 2.05) is 30.3 Å². The Morgan fingerprint density at radius 1 is 1.43 bits per heavy atom. The van der Waals surface area contributed by atoms with Gasteiger partial charge >= 0.3 is 0 Å². The summed E-state index contributed by atoms with van der Waals surface area (Å²) >= 11 is 5.94. The first-order valence-corrected chi connectivity index (χ1v) is 6.59. The molecule has 110 valence electrons. The van der Waals surface area contributed by atoms with Crippen LogP contribution < -0.4 is 5.32 Å². The fourth-order valence-electron chi connectivity index (χ4n) is 1.81. The largest absolute Gasteiger partial charge is 0.384 e. The molecule has 0 aliphatic carbocycles. The van der Waals surface area contributed by atoms with E-state index in [4.69, 9.17) is 11.6 Å². The van der Waals surface area contributed by atoms with E-state index in [1.165, 1.54) is 6.07 Å². The molecule has 6 nitrogen and oxygen atoms in total. The minimum Gasteiger partial charge on any atom is -0.384 e. The zero-order valence-electron chi connectivity index (χ0n) is 11.3. The molecule has 0 aliphatic rings. The number of hydrogen-bond donors (Lipinski definition) is 2. The van der Waals surface area contributed by atoms with Crippen molar-refractivity contribution < 1.29 is 10.0 Å². The fourth-order valence-corrected chi connectivity index (χ4v) is 2.04. The van der Waals surface area contributed by atoms with E-state index in [0.29, 0.717) is 5.82 Å². The van der Waals surface area contributed by atoms with Crippen LogP contribution in [0.25, 0.3) is 0 Å². The van der Waals surface area contributed by atoms with Crippen LogP contribution in [0, 0.1) is 10.1 Å². The fraction of sp³-hybridized carbons (Fsp3) is 0.214. The molecule has 0 radical (unpaired) electrons. The van der Waals surface area contributed by atoms with E-state index in [-0.39, 0.29) is 17.3 Å². The minimum absolute atomic E-state index is 0.132. The van der Waals surface area contributed by atoms with Gasteiger partial charge in [-0.1, -0.05) is 41.9 Å². The highest BCUT2D eigenvalue weighted by molar-refractivity contribution is 6.33. The summed E-state index contributed by atoms with van der Waals surface area (Å²) in [6.45, 7) is 1.83. The number of benzene rings is 1. The van der Waals surface area contributed by atoms with E-state index in [1.54, 1.807) is 6.92 Å². The van der Waals surface area contributed by atoms with Crippen LogP contribution >= 0.6 is 11.6 Å². The summed E-state index contributed by atoms with van der Waals surface area (Å²) in [5.74, 6) is 0.290. The molecule has 7 heteroatoms. The molecule has 0 spiro atoms. The Kier molecular flexibility index (Phi) is 4.40. The molecule has 21 heavy (non-hydrogen) atoms. The molecule has 1 aromatic carbocycles. The molecule has 1 unspecified atom stereocenters. The standard InChI is InChI=1S/C14H14ClN3O3/c1-14(19,10-5-3-2-4-6-10)9-17-13-12(15)7-11(8-16-13)18(20)21/h2-8,19H,9H2,1H3,(H,16,17). The number of aliphatic hydroxyl groups is 1. The number of nitrogens with one attached hydrogen (secondary N) is 1. The van der Waals surface area contributed by atoms with E-state index < -0.39 is 10.5 Å². The zero-order valence-corrected chi connectivity index (χ0v) is 12.0. The maximum Gasteiger partial charge on any atom is 0.289 e. The number of aromatic nitrogens is 1. The summed E-state index contributed by atoms with van der Waals surface area (Å²) in [4.78, 5) is 13.9. The molecule has 0 saturated carbocycles. The molecule has 0 fully saturated rings. The second-order valence-corrected chi connectivity index (χ2v) is 5.18. The lowest BCUT2D eigenvalue weighted by atomic mass is 9.96. The quantitative estimate of drug-likeness (QED) is 0.655. The highest BCUT2D eigenvalue weighted by atomic mass is 35.5. The summed E-state index contributed by atoms with van der Waals surface area (Å²) < 4.78 is 0. The summed E-state index contributed by atoms with van der Waals surface area (Å²) in [5.41, 5.74) is -0.551. The minimum atomic E-state index is -1.12. The van der Waals surface area contributed by atoms with Crippen molar-refractivity contribution in [3.8, 4) is 0 Å². The maximum atomic E-state index is 10.6. The molecule has 0 aliphatic heterocycles. The molecule has 2 aromatic rings. The van der Waals surface area contributed by atoms with Gasteiger partial charge in [0.05, 0.1) is 9.95 Å². The highest BCUT2D eigenvalue weighted by Gasteiger charge is 2.23. The van der Waals surface area contributed by atoms with Gasteiger partial charge in [0.15, 0.2) is 0 Å². The van der Waals surface area contributed by atoms with Crippen molar-refractivity contribution in [1.82, 2.24) is 4.98 Å². The number of nitro groups is 1. The van der Waals surface area contributed by atoms with Gasteiger partial charge in [0.25, 0.3) is 5.69 Å². The van der Waals surface area contributed by atoms with Gasteiger partial charge in [0.2, 0.25) is 0 Å². The van der Waals surface area contributed by atoms with Crippen molar-refractivity contribution in [3.05, 3.63) is 63.3 Å². The van der Waals surface area contributed by atoms with Crippen LogP contribution in [0.4, 0.5) is 11.5 Å². The first-order chi connectivity index (χ1) is 9.90. The Morgan fingerprint density at radius 2 is 2.10 bits per heavy atom. The number of hydrogen-bond acceptors (Lipinski definition) is 5. The van der Waals surface area contributed by atoms with Crippen molar-refractivity contribution in [3.63, 3.8) is 0 Å². The number of anilines is 1. The molecule has 1 atom stereocenters. The van der Waals surface area contributed by atoms with Crippen molar-refractivity contribution in [2.75, 3.05) is 11.9 Å². The third-order valence-electron chi connectivity index (χ3n) is 3.03. The second-order valence-electron chi connectivity index (χ2n) is 4.77. The lowest BCUT2D eigenvalue weighted by molar-refractivity contribution is -0.385. The van der Waals surface area contributed by atoms with Gasteiger partial charge in [-0.3, -0.25) is 10.1 Å². The molecule has 1 heterocycles. The zero-order chi connectivity index (χ0) is 15.5. The number of halogens is 1. The van der Waals surface area contributed by atoms with Gasteiger partial charge in [0, 0.05) is 12.6 Å². The van der Waals surface area contributed by atoms with Crippen LogP contribution in [-0.2, 0) is 5.60 Å². The van der Waals surface area contributed by atoms with E-state index >= 15 is 0 Å². The van der Waals surface area contributed by atoms with E-state index in [0.717, 1.165) is 11.8 Å². The average Bonchev–Trinajstić information content (AvgIpc) is 2.46. The maximum absolute atomic E-state index is 10.6. The topological polar surface area (TPSA) is 88.3 Å². The SMILES string of the molecule is CC(O)(CNc1ncc([N+](=O)[O-])cc1Cl)c1ccccc1. The average molecular weight is 308 g/mol. The second kappa shape index (κ2) is 6.07.